The minimum Gasteiger partial charge on any atom is -0.396 e. The van der Waals surface area contributed by atoms with Crippen molar-refractivity contribution in [1.29, 1.82) is 0 Å². The van der Waals surface area contributed by atoms with Crippen LogP contribution in [0.2, 0.25) is 0 Å². The molecule has 108 valence electrons. The molecule has 0 saturated heterocycles. The van der Waals surface area contributed by atoms with Gasteiger partial charge in [0.25, 0.3) is 0 Å². The van der Waals surface area contributed by atoms with Gasteiger partial charge >= 0.3 is 0 Å². The van der Waals surface area contributed by atoms with Crippen LogP contribution in [-0.4, -0.2) is 19.8 Å². The molecule has 1 N–H and O–H groups in total. The maximum Gasteiger partial charge on any atom is 0.226 e. The number of aliphatic hydroxyl groups excluding tert-OH is 1. The Hall–Kier alpha value is 1.21. The lowest BCUT2D eigenvalue weighted by atomic mass is 10.0. The van der Waals surface area contributed by atoms with E-state index < -0.39 is 12.5 Å². The van der Waals surface area contributed by atoms with Crippen LogP contribution in [-0.2, 0) is 10.8 Å². The van der Waals surface area contributed by atoms with Crippen molar-refractivity contribution in [3.05, 3.63) is 35.4 Å². The topological polar surface area (TPSA) is 20.2 Å². The van der Waals surface area contributed by atoms with Gasteiger partial charge in [-0.3, -0.25) is 0 Å². The summed E-state index contributed by atoms with van der Waals surface area (Å²) in [5, 5.41) is 8.92. The van der Waals surface area contributed by atoms with E-state index in [1.165, 1.54) is 0 Å². The molecule has 8 heteroatoms. The minimum absolute atomic E-state index is 0.0155. The Balaban J connectivity index is 3.23. The smallest absolute Gasteiger partial charge is 0.226 e. The van der Waals surface area contributed by atoms with Crippen LogP contribution in [0.5, 0.6) is 0 Å². The molecule has 0 aliphatic heterocycles. The molecule has 0 atom stereocenters. The van der Waals surface area contributed by atoms with E-state index in [9.17, 15) is 0 Å². The summed E-state index contributed by atoms with van der Waals surface area (Å²) in [6, 6.07) is 6.74. The highest BCUT2D eigenvalue weighted by molar-refractivity contribution is 6.78. The molecule has 0 aromatic heterocycles. The summed E-state index contributed by atoms with van der Waals surface area (Å²) in [4.78, 5) is 0. The minimum atomic E-state index is -2.09. The van der Waals surface area contributed by atoms with Crippen molar-refractivity contribution in [2.24, 2.45) is 0 Å². The lowest BCUT2D eigenvalue weighted by molar-refractivity contribution is 0.299. The van der Waals surface area contributed by atoms with E-state index in [1.807, 2.05) is 0 Å². The van der Waals surface area contributed by atoms with Crippen molar-refractivity contribution in [2.75, 3.05) is 6.61 Å². The van der Waals surface area contributed by atoms with Crippen molar-refractivity contribution < 1.29 is 5.11 Å². The van der Waals surface area contributed by atoms with E-state index in [4.69, 9.17) is 86.3 Å². The summed E-state index contributed by atoms with van der Waals surface area (Å²) < 4.78 is -6.00. The van der Waals surface area contributed by atoms with Gasteiger partial charge in [-0.1, -0.05) is 105 Å². The summed E-state index contributed by atoms with van der Waals surface area (Å²) in [7, 11) is 0. The maximum absolute atomic E-state index is 8.92. The number of hydrogen-bond donors (Lipinski definition) is 1. The average molecular weight is 405 g/mol. The van der Waals surface area contributed by atoms with Gasteiger partial charge in [-0.05, 0) is 17.5 Å². The monoisotopic (exact) mass is 402 g/mol. The fraction of sp³-hybridized carbons (Fsp3) is 0.455. The van der Waals surface area contributed by atoms with Crippen LogP contribution < -0.4 is 0 Å². The van der Waals surface area contributed by atoms with Gasteiger partial charge in [-0.15, -0.1) is 0 Å². The Morgan fingerprint density at radius 3 is 2.00 bits per heavy atom. The molecule has 0 spiro atoms. The predicted molar refractivity (Wildman–Crippen MR) is 85.3 cm³/mol. The van der Waals surface area contributed by atoms with Crippen LogP contribution in [0, 0.1) is 0 Å². The van der Waals surface area contributed by atoms with E-state index in [2.05, 4.69) is 0 Å². The molecule has 1 aromatic rings. The highest BCUT2D eigenvalue weighted by Gasteiger charge is 2.60. The van der Waals surface area contributed by atoms with E-state index in [0.717, 1.165) is 5.56 Å². The van der Waals surface area contributed by atoms with Crippen LogP contribution in [0.3, 0.4) is 0 Å². The predicted octanol–water partition coefficient (Wildman–Crippen LogP) is 5.40. The summed E-state index contributed by atoms with van der Waals surface area (Å²) in [5.74, 6) is 0. The molecule has 1 nitrogen and oxygen atoms in total. The largest absolute Gasteiger partial charge is 0.396 e. The Labute approximate surface area is 146 Å². The van der Waals surface area contributed by atoms with Gasteiger partial charge in [0.1, 0.15) is 0 Å². The average Bonchev–Trinajstić information content (AvgIpc) is 2.28. The molecule has 0 radical (unpaired) electrons. The van der Waals surface area contributed by atoms with Crippen LogP contribution >= 0.6 is 81.2 Å². The van der Waals surface area contributed by atoms with Crippen molar-refractivity contribution in [2.45, 2.75) is 18.9 Å². The molecule has 1 aromatic carbocycles. The third-order valence-corrected chi connectivity index (χ3v) is 6.40. The number of rotatable bonds is 4. The highest BCUT2D eigenvalue weighted by Crippen LogP contribution is 2.60. The van der Waals surface area contributed by atoms with E-state index in [-0.39, 0.29) is 6.61 Å². The van der Waals surface area contributed by atoms with Gasteiger partial charge in [0.2, 0.25) is 8.13 Å². The summed E-state index contributed by atoms with van der Waals surface area (Å²) in [6.45, 7) is -0.0155. The first-order valence-corrected chi connectivity index (χ1v) is 7.71. The molecular formula is C11H9Cl7O. The van der Waals surface area contributed by atoms with Gasteiger partial charge < -0.3 is 5.11 Å². The van der Waals surface area contributed by atoms with Crippen LogP contribution in [0.15, 0.2) is 24.3 Å². The van der Waals surface area contributed by atoms with Crippen molar-refractivity contribution in [1.82, 2.24) is 0 Å². The molecule has 0 fully saturated rings. The zero-order chi connectivity index (χ0) is 14.9. The lowest BCUT2D eigenvalue weighted by Gasteiger charge is -2.38. The number of hydrogen-bond acceptors (Lipinski definition) is 1. The zero-order valence-electron chi connectivity index (χ0n) is 9.32. The SMILES string of the molecule is OCCc1cccc(C(Cl)(Cl)C(Cl)(Cl)C(Cl)(Cl)Cl)c1. The van der Waals surface area contributed by atoms with E-state index in [1.54, 1.807) is 24.3 Å². The number of halogens is 7. The van der Waals surface area contributed by atoms with Gasteiger partial charge in [-0.25, -0.2) is 0 Å². The summed E-state index contributed by atoms with van der Waals surface area (Å²) in [5.41, 5.74) is 1.18. The van der Waals surface area contributed by atoms with Crippen molar-refractivity contribution in [3.63, 3.8) is 0 Å². The summed E-state index contributed by atoms with van der Waals surface area (Å²) in [6.07, 6.45) is 0.434. The molecule has 1 rings (SSSR count). The third kappa shape index (κ3) is 3.90. The Kier molecular flexibility index (Phi) is 6.28. The quantitative estimate of drug-likeness (QED) is 0.666. The Morgan fingerprint density at radius 1 is 0.947 bits per heavy atom. The van der Waals surface area contributed by atoms with Crippen LogP contribution in [0.1, 0.15) is 11.1 Å². The fourth-order valence-corrected chi connectivity index (χ4v) is 2.86. The molecule has 0 amide bonds. The standard InChI is InChI=1S/C11H9Cl7O/c12-9(13,10(14,15)11(16,17)18)8-3-1-2-7(6-8)4-5-19/h1-3,6,19H,4-5H2. The molecular weight excluding hydrogens is 396 g/mol. The second-order valence-electron chi connectivity index (χ2n) is 3.82. The summed E-state index contributed by atoms with van der Waals surface area (Å²) >= 11 is 41.6. The molecule has 0 bridgehead atoms. The maximum atomic E-state index is 8.92. The normalized spacial score (nSPS) is 13.7. The highest BCUT2D eigenvalue weighted by atomic mass is 35.6. The molecule has 19 heavy (non-hydrogen) atoms. The molecule has 0 heterocycles. The van der Waals surface area contributed by atoms with Gasteiger partial charge in [0, 0.05) is 6.61 Å². The van der Waals surface area contributed by atoms with E-state index >= 15 is 0 Å². The van der Waals surface area contributed by atoms with Gasteiger partial charge in [0.15, 0.2) is 4.33 Å². The number of benzene rings is 1. The Morgan fingerprint density at radius 2 is 1.53 bits per heavy atom. The van der Waals surface area contributed by atoms with Crippen molar-refractivity contribution in [3.8, 4) is 0 Å². The first-order valence-electron chi connectivity index (χ1n) is 5.06. The van der Waals surface area contributed by atoms with E-state index in [0.29, 0.717) is 12.0 Å². The van der Waals surface area contributed by atoms with Gasteiger partial charge in [0.05, 0.1) is 0 Å². The van der Waals surface area contributed by atoms with Crippen LogP contribution in [0.4, 0.5) is 0 Å². The number of aliphatic hydroxyl groups is 1. The first-order chi connectivity index (χ1) is 8.54. The number of alkyl halides is 7. The second-order valence-corrected chi connectivity index (χ2v) is 8.76. The second kappa shape index (κ2) is 6.54. The fourth-order valence-electron chi connectivity index (χ4n) is 1.41. The van der Waals surface area contributed by atoms with Gasteiger partial charge in [-0.2, -0.15) is 0 Å². The third-order valence-electron chi connectivity index (χ3n) is 2.44. The molecule has 0 aliphatic carbocycles. The Bertz CT molecular complexity index is 439. The molecule has 0 unspecified atom stereocenters. The van der Waals surface area contributed by atoms with Crippen LogP contribution in [0.25, 0.3) is 0 Å². The van der Waals surface area contributed by atoms with Crippen molar-refractivity contribution >= 4 is 81.2 Å². The first kappa shape index (κ1) is 18.3. The zero-order valence-corrected chi connectivity index (χ0v) is 14.6. The molecule has 0 saturated carbocycles. The molecule has 0 aliphatic rings. The lowest BCUT2D eigenvalue weighted by Crippen LogP contribution is -2.45.